The molecule has 1 aromatic heterocycles. The first-order valence-electron chi connectivity index (χ1n) is 6.20. The molecule has 104 valence electrons. The first-order chi connectivity index (χ1) is 9.56. The van der Waals surface area contributed by atoms with E-state index in [9.17, 15) is 4.79 Å². The summed E-state index contributed by atoms with van der Waals surface area (Å²) in [7, 11) is 0. The van der Waals surface area contributed by atoms with Crippen molar-refractivity contribution in [3.63, 3.8) is 0 Å². The van der Waals surface area contributed by atoms with E-state index in [2.05, 4.69) is 10.3 Å². The van der Waals surface area contributed by atoms with Gasteiger partial charge in [0, 0.05) is 34.5 Å². The van der Waals surface area contributed by atoms with Crippen LogP contribution in [0.15, 0.2) is 36.7 Å². The van der Waals surface area contributed by atoms with Crippen LogP contribution in [0.1, 0.15) is 21.5 Å². The summed E-state index contributed by atoms with van der Waals surface area (Å²) < 4.78 is 0. The zero-order valence-electron chi connectivity index (χ0n) is 11.0. The Balaban J connectivity index is 1.93. The van der Waals surface area contributed by atoms with E-state index in [1.807, 2.05) is 19.1 Å². The summed E-state index contributed by atoms with van der Waals surface area (Å²) >= 11 is 11.9. The van der Waals surface area contributed by atoms with Gasteiger partial charge in [0.05, 0.1) is 0 Å². The third kappa shape index (κ3) is 3.95. The minimum absolute atomic E-state index is 0.0991. The lowest BCUT2D eigenvalue weighted by Crippen LogP contribution is -2.26. The van der Waals surface area contributed by atoms with E-state index in [1.54, 1.807) is 24.5 Å². The van der Waals surface area contributed by atoms with Crippen molar-refractivity contribution in [3.05, 3.63) is 63.4 Å². The lowest BCUT2D eigenvalue weighted by molar-refractivity contribution is 0.0953. The Hall–Kier alpha value is -1.58. The van der Waals surface area contributed by atoms with Gasteiger partial charge in [0.1, 0.15) is 0 Å². The molecule has 0 atom stereocenters. The maximum absolute atomic E-state index is 12.0. The van der Waals surface area contributed by atoms with Crippen LogP contribution in [0.3, 0.4) is 0 Å². The zero-order chi connectivity index (χ0) is 14.5. The molecule has 1 N–H and O–H groups in total. The van der Waals surface area contributed by atoms with Crippen LogP contribution in [0.4, 0.5) is 0 Å². The van der Waals surface area contributed by atoms with Crippen LogP contribution < -0.4 is 5.32 Å². The third-order valence-electron chi connectivity index (χ3n) is 2.89. The van der Waals surface area contributed by atoms with E-state index in [4.69, 9.17) is 23.2 Å². The fourth-order valence-electron chi connectivity index (χ4n) is 1.90. The molecule has 1 amide bonds. The predicted molar refractivity (Wildman–Crippen MR) is 81.5 cm³/mol. The number of aryl methyl sites for hydroxylation is 1. The van der Waals surface area contributed by atoms with Gasteiger partial charge in [-0.2, -0.15) is 0 Å². The number of carbonyl (C=O) groups excluding carboxylic acids is 1. The molecule has 3 nitrogen and oxygen atoms in total. The fraction of sp³-hybridized carbons (Fsp3) is 0.200. The summed E-state index contributed by atoms with van der Waals surface area (Å²) in [5.41, 5.74) is 2.49. The lowest BCUT2D eigenvalue weighted by atomic mass is 10.1. The molecule has 0 aliphatic heterocycles. The van der Waals surface area contributed by atoms with Crippen LogP contribution in [0, 0.1) is 6.92 Å². The van der Waals surface area contributed by atoms with E-state index >= 15 is 0 Å². The van der Waals surface area contributed by atoms with Crippen molar-refractivity contribution >= 4 is 29.1 Å². The summed E-state index contributed by atoms with van der Waals surface area (Å²) in [6.07, 6.45) is 3.96. The molecule has 0 spiro atoms. The molecule has 2 rings (SSSR count). The number of hydrogen-bond acceptors (Lipinski definition) is 2. The van der Waals surface area contributed by atoms with Crippen molar-refractivity contribution in [1.29, 1.82) is 0 Å². The topological polar surface area (TPSA) is 42.0 Å². The molecule has 5 heteroatoms. The van der Waals surface area contributed by atoms with Gasteiger partial charge in [-0.25, -0.2) is 0 Å². The van der Waals surface area contributed by atoms with Crippen molar-refractivity contribution < 1.29 is 4.79 Å². The van der Waals surface area contributed by atoms with Crippen LogP contribution in [0.5, 0.6) is 0 Å². The average molecular weight is 309 g/mol. The molecule has 0 aliphatic carbocycles. The molecule has 0 radical (unpaired) electrons. The molecule has 0 fully saturated rings. The van der Waals surface area contributed by atoms with E-state index in [1.165, 1.54) is 0 Å². The molecule has 0 saturated carbocycles. The second-order valence-electron chi connectivity index (χ2n) is 4.47. The van der Waals surface area contributed by atoms with Crippen LogP contribution >= 0.6 is 23.2 Å². The highest BCUT2D eigenvalue weighted by Crippen LogP contribution is 2.19. The minimum Gasteiger partial charge on any atom is -0.352 e. The second kappa shape index (κ2) is 6.73. The highest BCUT2D eigenvalue weighted by molar-refractivity contribution is 6.34. The van der Waals surface area contributed by atoms with Gasteiger partial charge < -0.3 is 5.32 Å². The fourth-order valence-corrected chi connectivity index (χ4v) is 2.47. The first kappa shape index (κ1) is 14.8. The summed E-state index contributed by atoms with van der Waals surface area (Å²) in [6.45, 7) is 2.38. The molecule has 0 bridgehead atoms. The third-order valence-corrected chi connectivity index (χ3v) is 3.32. The van der Waals surface area contributed by atoms with E-state index in [0.29, 0.717) is 28.6 Å². The Morgan fingerprint density at radius 1 is 1.25 bits per heavy atom. The quantitative estimate of drug-likeness (QED) is 0.936. The average Bonchev–Trinajstić information content (AvgIpc) is 2.38. The second-order valence-corrected chi connectivity index (χ2v) is 5.35. The lowest BCUT2D eigenvalue weighted by Gasteiger charge is -2.08. The van der Waals surface area contributed by atoms with E-state index in [-0.39, 0.29) is 5.91 Å². The Kier molecular flexibility index (Phi) is 4.99. The van der Waals surface area contributed by atoms with Crippen molar-refractivity contribution in [3.8, 4) is 0 Å². The summed E-state index contributed by atoms with van der Waals surface area (Å²) in [4.78, 5) is 16.0. The van der Waals surface area contributed by atoms with Gasteiger partial charge in [0.2, 0.25) is 0 Å². The van der Waals surface area contributed by atoms with Crippen LogP contribution in [0.25, 0.3) is 0 Å². The standard InChI is InChI=1S/C15H14Cl2N2O/c1-10-9-18-4-3-14(10)15(20)19-5-2-11-6-12(16)8-13(17)7-11/h3-4,6-9H,2,5H2,1H3,(H,19,20). The Labute approximate surface area is 127 Å². The molecular weight excluding hydrogens is 295 g/mol. The minimum atomic E-state index is -0.0991. The van der Waals surface area contributed by atoms with Crippen molar-refractivity contribution in [2.75, 3.05) is 6.54 Å². The molecule has 0 unspecified atom stereocenters. The number of rotatable bonds is 4. The van der Waals surface area contributed by atoms with Gasteiger partial charge in [0.25, 0.3) is 5.91 Å². The molecule has 1 heterocycles. The van der Waals surface area contributed by atoms with Gasteiger partial charge in [-0.15, -0.1) is 0 Å². The van der Waals surface area contributed by atoms with Crippen molar-refractivity contribution in [2.45, 2.75) is 13.3 Å². The number of pyridine rings is 1. The molecule has 0 aliphatic rings. The molecule has 20 heavy (non-hydrogen) atoms. The van der Waals surface area contributed by atoms with Gasteiger partial charge >= 0.3 is 0 Å². The number of halogens is 2. The Morgan fingerprint density at radius 2 is 1.95 bits per heavy atom. The molecular formula is C15H14Cl2N2O. The van der Waals surface area contributed by atoms with Crippen LogP contribution in [0.2, 0.25) is 10.0 Å². The largest absolute Gasteiger partial charge is 0.352 e. The number of nitrogens with zero attached hydrogens (tertiary/aromatic N) is 1. The highest BCUT2D eigenvalue weighted by Gasteiger charge is 2.07. The van der Waals surface area contributed by atoms with E-state index in [0.717, 1.165) is 11.1 Å². The zero-order valence-corrected chi connectivity index (χ0v) is 12.5. The van der Waals surface area contributed by atoms with Gasteiger partial charge in [-0.3, -0.25) is 9.78 Å². The van der Waals surface area contributed by atoms with Crippen molar-refractivity contribution in [1.82, 2.24) is 10.3 Å². The summed E-state index contributed by atoms with van der Waals surface area (Å²) in [5, 5.41) is 4.08. The monoisotopic (exact) mass is 308 g/mol. The van der Waals surface area contributed by atoms with Gasteiger partial charge in [-0.1, -0.05) is 23.2 Å². The summed E-state index contributed by atoms with van der Waals surface area (Å²) in [5.74, 6) is -0.0991. The number of aromatic nitrogens is 1. The van der Waals surface area contributed by atoms with Gasteiger partial charge in [-0.05, 0) is 48.7 Å². The maximum Gasteiger partial charge on any atom is 0.251 e. The number of amides is 1. The Bertz CT molecular complexity index is 609. The van der Waals surface area contributed by atoms with E-state index < -0.39 is 0 Å². The molecule has 0 saturated heterocycles. The van der Waals surface area contributed by atoms with Crippen molar-refractivity contribution in [2.24, 2.45) is 0 Å². The maximum atomic E-state index is 12.0. The first-order valence-corrected chi connectivity index (χ1v) is 6.95. The number of hydrogen-bond donors (Lipinski definition) is 1. The molecule has 1 aromatic carbocycles. The van der Waals surface area contributed by atoms with Gasteiger partial charge in [0.15, 0.2) is 0 Å². The predicted octanol–water partition coefficient (Wildman–Crippen LogP) is 3.67. The van der Waals surface area contributed by atoms with Crippen LogP contribution in [-0.4, -0.2) is 17.4 Å². The molecule has 2 aromatic rings. The smallest absolute Gasteiger partial charge is 0.251 e. The number of benzene rings is 1. The SMILES string of the molecule is Cc1cnccc1C(=O)NCCc1cc(Cl)cc(Cl)c1. The summed E-state index contributed by atoms with van der Waals surface area (Å²) in [6, 6.07) is 7.08. The normalized spacial score (nSPS) is 10.3. The van der Waals surface area contributed by atoms with Crippen LogP contribution in [-0.2, 0) is 6.42 Å². The number of carbonyl (C=O) groups is 1. The highest BCUT2D eigenvalue weighted by atomic mass is 35.5. The Morgan fingerprint density at radius 3 is 2.60 bits per heavy atom. The number of nitrogens with one attached hydrogen (secondary N) is 1.